The Balaban J connectivity index is 1.88. The normalized spacial score (nSPS) is 14.8. The number of nitrogens with zero attached hydrogens (tertiary/aromatic N) is 2. The molecule has 2 aromatic rings. The number of hydrogen-bond acceptors (Lipinski definition) is 5. The number of benzene rings is 2. The Morgan fingerprint density at radius 1 is 1.06 bits per heavy atom. The number of anilines is 1. The van der Waals surface area contributed by atoms with Gasteiger partial charge in [-0.05, 0) is 43.4 Å². The van der Waals surface area contributed by atoms with Crippen LogP contribution in [0.5, 0.6) is 5.75 Å². The number of nitrogens with one attached hydrogen (secondary N) is 1. The second-order valence-electron chi connectivity index (χ2n) is 9.18. The number of methoxy groups -OCH3 is 1. The maximum absolute atomic E-state index is 13.7. The van der Waals surface area contributed by atoms with E-state index in [2.05, 4.69) is 5.32 Å². The second-order valence-corrected chi connectivity index (χ2v) is 11.1. The molecule has 2 amide bonds. The van der Waals surface area contributed by atoms with Gasteiger partial charge in [-0.2, -0.15) is 0 Å². The predicted octanol–water partition coefficient (Wildman–Crippen LogP) is 3.37. The Bertz CT molecular complexity index is 1120. The molecule has 1 atom stereocenters. The summed E-state index contributed by atoms with van der Waals surface area (Å²) in [6, 6.07) is 15.8. The van der Waals surface area contributed by atoms with Crippen molar-refractivity contribution in [3.8, 4) is 5.75 Å². The number of amides is 2. The topological polar surface area (TPSA) is 96.0 Å². The molecule has 1 saturated carbocycles. The zero-order valence-corrected chi connectivity index (χ0v) is 22.2. The number of sulfonamides is 1. The Labute approximate surface area is 214 Å². The van der Waals surface area contributed by atoms with E-state index in [1.54, 1.807) is 24.3 Å². The molecule has 1 N–H and O–H groups in total. The van der Waals surface area contributed by atoms with E-state index in [0.717, 1.165) is 41.8 Å². The standard InChI is InChI=1S/C27H37N3O5S/c1-4-23(27(32)28-22-14-8-9-15-22)29(19-18-21-12-6-5-7-13-21)26(31)20-30(36(3,33)34)24-16-10-11-17-25(24)35-2/h5-7,10-13,16-17,22-23H,4,8-9,14-15,18-20H2,1-3H3,(H,28,32). The summed E-state index contributed by atoms with van der Waals surface area (Å²) in [5.74, 6) is -0.276. The van der Waals surface area contributed by atoms with Crippen LogP contribution in [-0.4, -0.2) is 63.7 Å². The number of hydrogen-bond donors (Lipinski definition) is 1. The monoisotopic (exact) mass is 515 g/mol. The summed E-state index contributed by atoms with van der Waals surface area (Å²) < 4.78 is 31.9. The zero-order chi connectivity index (χ0) is 26.1. The molecule has 36 heavy (non-hydrogen) atoms. The first-order valence-corrected chi connectivity index (χ1v) is 14.3. The van der Waals surface area contributed by atoms with Crippen LogP contribution in [0.2, 0.25) is 0 Å². The number of rotatable bonds is 12. The maximum Gasteiger partial charge on any atom is 0.244 e. The fourth-order valence-electron chi connectivity index (χ4n) is 4.69. The third-order valence-corrected chi connectivity index (χ3v) is 7.73. The number of para-hydroxylation sites is 2. The van der Waals surface area contributed by atoms with Crippen LogP contribution < -0.4 is 14.4 Å². The largest absolute Gasteiger partial charge is 0.495 e. The first-order chi connectivity index (χ1) is 17.2. The van der Waals surface area contributed by atoms with E-state index in [9.17, 15) is 18.0 Å². The lowest BCUT2D eigenvalue weighted by Crippen LogP contribution is -2.54. The molecule has 2 aromatic carbocycles. The van der Waals surface area contributed by atoms with Crippen molar-refractivity contribution in [1.82, 2.24) is 10.2 Å². The lowest BCUT2D eigenvalue weighted by Gasteiger charge is -2.33. The molecule has 0 bridgehead atoms. The van der Waals surface area contributed by atoms with E-state index in [0.29, 0.717) is 25.1 Å². The van der Waals surface area contributed by atoms with E-state index in [-0.39, 0.29) is 17.6 Å². The van der Waals surface area contributed by atoms with Crippen LogP contribution in [0.1, 0.15) is 44.6 Å². The van der Waals surface area contributed by atoms with Gasteiger partial charge in [-0.25, -0.2) is 8.42 Å². The lowest BCUT2D eigenvalue weighted by atomic mass is 10.1. The fraction of sp³-hybridized carbons (Fsp3) is 0.481. The van der Waals surface area contributed by atoms with Crippen molar-refractivity contribution in [3.63, 3.8) is 0 Å². The van der Waals surface area contributed by atoms with Crippen molar-refractivity contribution >= 4 is 27.5 Å². The highest BCUT2D eigenvalue weighted by Crippen LogP contribution is 2.29. The molecule has 3 rings (SSSR count). The third-order valence-electron chi connectivity index (χ3n) is 6.60. The summed E-state index contributed by atoms with van der Waals surface area (Å²) in [5.41, 5.74) is 1.31. The van der Waals surface area contributed by atoms with E-state index >= 15 is 0 Å². The third kappa shape index (κ3) is 7.22. The number of ether oxygens (including phenoxy) is 1. The molecular formula is C27H37N3O5S. The molecule has 196 valence electrons. The Hall–Kier alpha value is -3.07. The van der Waals surface area contributed by atoms with Gasteiger partial charge in [0.25, 0.3) is 0 Å². The summed E-state index contributed by atoms with van der Waals surface area (Å²) in [7, 11) is -2.36. The summed E-state index contributed by atoms with van der Waals surface area (Å²) in [5, 5.41) is 3.11. The van der Waals surface area contributed by atoms with Crippen LogP contribution in [0.4, 0.5) is 5.69 Å². The van der Waals surface area contributed by atoms with E-state index in [4.69, 9.17) is 4.74 Å². The van der Waals surface area contributed by atoms with E-state index in [1.807, 2.05) is 37.3 Å². The highest BCUT2D eigenvalue weighted by Gasteiger charge is 2.33. The fourth-order valence-corrected chi connectivity index (χ4v) is 5.55. The molecule has 9 heteroatoms. The molecule has 8 nitrogen and oxygen atoms in total. The molecule has 1 fully saturated rings. The molecule has 1 unspecified atom stereocenters. The van der Waals surface area contributed by atoms with Gasteiger partial charge in [0.15, 0.2) is 0 Å². The predicted molar refractivity (Wildman–Crippen MR) is 142 cm³/mol. The van der Waals surface area contributed by atoms with Crippen molar-refractivity contribution in [3.05, 3.63) is 60.2 Å². The van der Waals surface area contributed by atoms with Gasteiger partial charge in [-0.15, -0.1) is 0 Å². The van der Waals surface area contributed by atoms with Crippen LogP contribution in [0.15, 0.2) is 54.6 Å². The minimum Gasteiger partial charge on any atom is -0.495 e. The number of carbonyl (C=O) groups excluding carboxylic acids is 2. The average Bonchev–Trinajstić information content (AvgIpc) is 3.37. The van der Waals surface area contributed by atoms with Crippen LogP contribution >= 0.6 is 0 Å². The van der Waals surface area contributed by atoms with Crippen molar-refractivity contribution in [2.24, 2.45) is 0 Å². The van der Waals surface area contributed by atoms with Crippen molar-refractivity contribution in [2.45, 2.75) is 57.5 Å². The second kappa shape index (κ2) is 12.8. The van der Waals surface area contributed by atoms with Crippen LogP contribution in [0.25, 0.3) is 0 Å². The van der Waals surface area contributed by atoms with Gasteiger partial charge >= 0.3 is 0 Å². The Kier molecular flexibility index (Phi) is 9.75. The summed E-state index contributed by atoms with van der Waals surface area (Å²) in [4.78, 5) is 28.6. The highest BCUT2D eigenvalue weighted by atomic mass is 32.2. The van der Waals surface area contributed by atoms with Gasteiger partial charge in [-0.1, -0.05) is 62.2 Å². The lowest BCUT2D eigenvalue weighted by molar-refractivity contribution is -0.139. The van der Waals surface area contributed by atoms with Gasteiger partial charge in [0.1, 0.15) is 18.3 Å². The van der Waals surface area contributed by atoms with Gasteiger partial charge < -0.3 is 15.0 Å². The summed E-state index contributed by atoms with van der Waals surface area (Å²) in [6.45, 7) is 1.74. The van der Waals surface area contributed by atoms with E-state index < -0.39 is 28.5 Å². The highest BCUT2D eigenvalue weighted by molar-refractivity contribution is 7.92. The van der Waals surface area contributed by atoms with E-state index in [1.165, 1.54) is 12.0 Å². The quantitative estimate of drug-likeness (QED) is 0.468. The number of carbonyl (C=O) groups is 2. The Morgan fingerprint density at radius 2 is 1.69 bits per heavy atom. The molecule has 0 spiro atoms. The van der Waals surface area contributed by atoms with Crippen molar-refractivity contribution in [1.29, 1.82) is 0 Å². The van der Waals surface area contributed by atoms with Crippen LogP contribution in [-0.2, 0) is 26.0 Å². The maximum atomic E-state index is 13.7. The minimum atomic E-state index is -3.81. The van der Waals surface area contributed by atoms with Crippen LogP contribution in [0, 0.1) is 0 Å². The smallest absolute Gasteiger partial charge is 0.244 e. The Morgan fingerprint density at radius 3 is 2.31 bits per heavy atom. The van der Waals surface area contributed by atoms with Gasteiger partial charge in [0, 0.05) is 12.6 Å². The summed E-state index contributed by atoms with van der Waals surface area (Å²) in [6.07, 6.45) is 6.08. The zero-order valence-electron chi connectivity index (χ0n) is 21.4. The van der Waals surface area contributed by atoms with Crippen molar-refractivity contribution < 1.29 is 22.7 Å². The molecule has 0 aromatic heterocycles. The minimum absolute atomic E-state index is 0.124. The van der Waals surface area contributed by atoms with Crippen LogP contribution in [0.3, 0.4) is 0 Å². The molecule has 0 aliphatic heterocycles. The SMILES string of the molecule is CCC(C(=O)NC1CCCC1)N(CCc1ccccc1)C(=O)CN(c1ccccc1OC)S(C)(=O)=O. The van der Waals surface area contributed by atoms with Gasteiger partial charge in [-0.3, -0.25) is 13.9 Å². The van der Waals surface area contributed by atoms with Crippen molar-refractivity contribution in [2.75, 3.05) is 30.8 Å². The molecule has 1 aliphatic rings. The molecule has 0 saturated heterocycles. The first kappa shape index (κ1) is 27.5. The van der Waals surface area contributed by atoms with Gasteiger partial charge in [0.2, 0.25) is 21.8 Å². The van der Waals surface area contributed by atoms with Gasteiger partial charge in [0.05, 0.1) is 19.1 Å². The molecular weight excluding hydrogens is 478 g/mol. The molecule has 0 heterocycles. The summed E-state index contributed by atoms with van der Waals surface area (Å²) >= 11 is 0. The first-order valence-electron chi connectivity index (χ1n) is 12.5. The molecule has 0 radical (unpaired) electrons. The average molecular weight is 516 g/mol. The molecule has 1 aliphatic carbocycles.